The molecule has 0 bridgehead atoms. The number of hydrogen-bond acceptors (Lipinski definition) is 4. The Labute approximate surface area is 231 Å². The van der Waals surface area contributed by atoms with Crippen molar-refractivity contribution in [2.24, 2.45) is 0 Å². The second-order valence-electron chi connectivity index (χ2n) is 9.61. The normalized spacial score (nSPS) is 10.7. The van der Waals surface area contributed by atoms with Gasteiger partial charge >= 0.3 is 0 Å². The number of unbranched alkanes of at least 4 members (excludes halogenated alkanes) is 2. The van der Waals surface area contributed by atoms with Crippen molar-refractivity contribution < 1.29 is 19.1 Å². The molecule has 0 heterocycles. The Hall–Kier alpha value is -4.18. The van der Waals surface area contributed by atoms with Crippen LogP contribution in [0.3, 0.4) is 0 Å². The molecule has 0 aromatic heterocycles. The minimum atomic E-state index is -0.0583. The topological polar surface area (TPSA) is 52.6 Å². The molecule has 0 amide bonds. The predicted molar refractivity (Wildman–Crippen MR) is 156 cm³/mol. The van der Waals surface area contributed by atoms with Crippen molar-refractivity contribution in [2.75, 3.05) is 13.2 Å². The quantitative estimate of drug-likeness (QED) is 0.125. The smallest absolute Gasteiger partial charge is 0.193 e. The van der Waals surface area contributed by atoms with E-state index in [9.17, 15) is 9.59 Å². The lowest BCUT2D eigenvalue weighted by Crippen LogP contribution is -2.10. The van der Waals surface area contributed by atoms with Crippen molar-refractivity contribution in [1.82, 2.24) is 0 Å². The molecule has 0 saturated carbocycles. The summed E-state index contributed by atoms with van der Waals surface area (Å²) < 4.78 is 12.0. The van der Waals surface area contributed by atoms with Crippen molar-refractivity contribution in [3.8, 4) is 11.5 Å². The third-order valence-electron chi connectivity index (χ3n) is 6.63. The molecule has 4 aromatic rings. The van der Waals surface area contributed by atoms with Gasteiger partial charge in [0.05, 0.1) is 13.2 Å². The SMILES string of the molecule is CCCCOc1ccc(C(=O)c2ccccc2)c(Cc2cc(OCCCC)ccc2C(=O)c2ccccc2)c1. The highest BCUT2D eigenvalue weighted by atomic mass is 16.5. The predicted octanol–water partition coefficient (Wildman–Crippen LogP) is 8.10. The molecule has 0 saturated heterocycles. The second-order valence-corrected chi connectivity index (χ2v) is 9.61. The molecule has 0 spiro atoms. The van der Waals surface area contributed by atoms with Gasteiger partial charge in [-0.25, -0.2) is 0 Å². The number of ketones is 2. The van der Waals surface area contributed by atoms with Crippen molar-refractivity contribution >= 4 is 11.6 Å². The van der Waals surface area contributed by atoms with E-state index in [0.29, 0.717) is 53.4 Å². The van der Waals surface area contributed by atoms with Crippen LogP contribution < -0.4 is 9.47 Å². The van der Waals surface area contributed by atoms with Crippen LogP contribution in [-0.4, -0.2) is 24.8 Å². The van der Waals surface area contributed by atoms with Crippen LogP contribution in [0.2, 0.25) is 0 Å². The molecular weight excluding hydrogens is 484 g/mol. The van der Waals surface area contributed by atoms with E-state index in [1.165, 1.54) is 0 Å². The maximum atomic E-state index is 13.6. The van der Waals surface area contributed by atoms with Gasteiger partial charge in [0.2, 0.25) is 0 Å². The van der Waals surface area contributed by atoms with Crippen LogP contribution in [0.5, 0.6) is 11.5 Å². The number of ether oxygens (including phenoxy) is 2. The number of carbonyl (C=O) groups excluding carboxylic acids is 2. The van der Waals surface area contributed by atoms with Crippen LogP contribution >= 0.6 is 0 Å². The van der Waals surface area contributed by atoms with Crippen LogP contribution in [0.4, 0.5) is 0 Å². The molecule has 4 rings (SSSR count). The number of carbonyl (C=O) groups is 2. The van der Waals surface area contributed by atoms with Crippen LogP contribution in [-0.2, 0) is 6.42 Å². The fourth-order valence-corrected chi connectivity index (χ4v) is 4.42. The van der Waals surface area contributed by atoms with Crippen LogP contribution in [0, 0.1) is 0 Å². The first kappa shape index (κ1) is 27.8. The van der Waals surface area contributed by atoms with E-state index >= 15 is 0 Å². The van der Waals surface area contributed by atoms with E-state index in [1.54, 1.807) is 0 Å². The van der Waals surface area contributed by atoms with E-state index in [2.05, 4.69) is 13.8 Å². The minimum absolute atomic E-state index is 0.0583. The molecule has 0 atom stereocenters. The summed E-state index contributed by atoms with van der Waals surface area (Å²) in [6, 6.07) is 29.8. The summed E-state index contributed by atoms with van der Waals surface area (Å²) in [5.74, 6) is 1.32. The van der Waals surface area contributed by atoms with Gasteiger partial charge in [-0.2, -0.15) is 0 Å². The first-order valence-electron chi connectivity index (χ1n) is 13.8. The van der Waals surface area contributed by atoms with Gasteiger partial charge in [-0.05, 0) is 66.8 Å². The summed E-state index contributed by atoms with van der Waals surface area (Å²) >= 11 is 0. The Morgan fingerprint density at radius 2 is 0.974 bits per heavy atom. The lowest BCUT2D eigenvalue weighted by molar-refractivity contribution is 0.103. The second kappa shape index (κ2) is 14.1. The summed E-state index contributed by atoms with van der Waals surface area (Å²) in [6.45, 7) is 5.47. The molecule has 0 aliphatic rings. The number of hydrogen-bond donors (Lipinski definition) is 0. The zero-order valence-electron chi connectivity index (χ0n) is 22.8. The molecule has 4 aromatic carbocycles. The van der Waals surface area contributed by atoms with Gasteiger partial charge in [-0.3, -0.25) is 9.59 Å². The maximum absolute atomic E-state index is 13.6. The Bertz CT molecular complexity index is 1270. The number of benzene rings is 4. The Balaban J connectivity index is 1.76. The van der Waals surface area contributed by atoms with Crippen LogP contribution in [0.1, 0.15) is 82.5 Å². The van der Waals surface area contributed by atoms with Gasteiger partial charge < -0.3 is 9.47 Å². The van der Waals surface area contributed by atoms with Crippen molar-refractivity contribution in [2.45, 2.75) is 46.0 Å². The lowest BCUT2D eigenvalue weighted by atomic mass is 9.90. The Morgan fingerprint density at radius 1 is 0.564 bits per heavy atom. The lowest BCUT2D eigenvalue weighted by Gasteiger charge is -2.16. The molecule has 0 N–H and O–H groups in total. The summed E-state index contributed by atoms with van der Waals surface area (Å²) in [5, 5.41) is 0. The molecule has 0 aliphatic heterocycles. The molecular formula is C35H36O4. The average molecular weight is 521 g/mol. The highest BCUT2D eigenvalue weighted by molar-refractivity contribution is 6.11. The zero-order valence-corrected chi connectivity index (χ0v) is 22.8. The molecule has 0 radical (unpaired) electrons. The van der Waals surface area contributed by atoms with Crippen LogP contribution in [0.15, 0.2) is 97.1 Å². The fraction of sp³-hybridized carbons (Fsp3) is 0.257. The first-order chi connectivity index (χ1) is 19.1. The molecule has 4 heteroatoms. The molecule has 39 heavy (non-hydrogen) atoms. The van der Waals surface area contributed by atoms with Gasteiger partial charge in [-0.15, -0.1) is 0 Å². The summed E-state index contributed by atoms with van der Waals surface area (Å²) in [4.78, 5) is 27.2. The van der Waals surface area contributed by atoms with Gasteiger partial charge in [-0.1, -0.05) is 87.4 Å². The molecule has 0 unspecified atom stereocenters. The highest BCUT2D eigenvalue weighted by Gasteiger charge is 2.19. The molecule has 4 nitrogen and oxygen atoms in total. The van der Waals surface area contributed by atoms with Gasteiger partial charge in [0, 0.05) is 22.3 Å². The van der Waals surface area contributed by atoms with Gasteiger partial charge in [0.15, 0.2) is 11.6 Å². The summed E-state index contributed by atoms with van der Waals surface area (Å²) in [5.41, 5.74) is 4.06. The van der Waals surface area contributed by atoms with Crippen molar-refractivity contribution in [1.29, 1.82) is 0 Å². The maximum Gasteiger partial charge on any atom is 0.193 e. The van der Waals surface area contributed by atoms with Crippen molar-refractivity contribution in [3.63, 3.8) is 0 Å². The van der Waals surface area contributed by atoms with E-state index in [-0.39, 0.29) is 11.6 Å². The zero-order chi connectivity index (χ0) is 27.5. The van der Waals surface area contributed by atoms with Crippen LogP contribution in [0.25, 0.3) is 0 Å². The Morgan fingerprint density at radius 3 is 1.36 bits per heavy atom. The van der Waals surface area contributed by atoms with Crippen molar-refractivity contribution in [3.05, 3.63) is 130 Å². The van der Waals surface area contributed by atoms with Gasteiger partial charge in [0.1, 0.15) is 11.5 Å². The molecule has 0 fully saturated rings. The molecule has 0 aliphatic carbocycles. The third kappa shape index (κ3) is 7.44. The average Bonchev–Trinajstić information content (AvgIpc) is 2.98. The van der Waals surface area contributed by atoms with E-state index in [0.717, 1.165) is 36.8 Å². The summed E-state index contributed by atoms with van der Waals surface area (Å²) in [6.07, 6.45) is 4.36. The monoisotopic (exact) mass is 520 g/mol. The summed E-state index contributed by atoms with van der Waals surface area (Å²) in [7, 11) is 0. The fourth-order valence-electron chi connectivity index (χ4n) is 4.42. The number of rotatable bonds is 14. The van der Waals surface area contributed by atoms with E-state index in [1.807, 2.05) is 97.1 Å². The first-order valence-corrected chi connectivity index (χ1v) is 13.8. The van der Waals surface area contributed by atoms with Gasteiger partial charge in [0.25, 0.3) is 0 Å². The largest absolute Gasteiger partial charge is 0.494 e. The van der Waals surface area contributed by atoms with E-state index in [4.69, 9.17) is 9.47 Å². The Kier molecular flexibility index (Phi) is 10.1. The molecule has 200 valence electrons. The standard InChI is InChI=1S/C35H36O4/c1-3-5-21-38-30-17-19-32(34(36)26-13-9-7-10-14-26)28(24-30)23-29-25-31(39-22-6-4-2)18-20-33(29)35(37)27-15-11-8-12-16-27/h7-20,24-25H,3-6,21-23H2,1-2H3. The highest BCUT2D eigenvalue weighted by Crippen LogP contribution is 2.28. The minimum Gasteiger partial charge on any atom is -0.494 e. The third-order valence-corrected chi connectivity index (χ3v) is 6.63. The van der Waals surface area contributed by atoms with E-state index < -0.39 is 0 Å².